The molecule has 11 heteroatoms. The first-order valence-electron chi connectivity index (χ1n) is 6.09. The number of aromatic nitrogens is 8. The van der Waals surface area contributed by atoms with Crippen molar-refractivity contribution >= 4 is 16.7 Å². The van der Waals surface area contributed by atoms with Crippen LogP contribution in [-0.2, 0) is 13.2 Å². The zero-order valence-electron chi connectivity index (χ0n) is 11.0. The maximum absolute atomic E-state index is 12.6. The third kappa shape index (κ3) is 1.75. The number of H-pyrrole nitrogens is 1. The van der Waals surface area contributed by atoms with Crippen molar-refractivity contribution in [3.63, 3.8) is 0 Å². The first kappa shape index (κ1) is 12.7. The van der Waals surface area contributed by atoms with Gasteiger partial charge >= 0.3 is 6.18 Å². The molecule has 0 fully saturated rings. The summed E-state index contributed by atoms with van der Waals surface area (Å²) in [6, 6.07) is 0.864. The van der Waals surface area contributed by atoms with Gasteiger partial charge in [-0.3, -0.25) is 9.78 Å². The summed E-state index contributed by atoms with van der Waals surface area (Å²) >= 11 is 0. The summed E-state index contributed by atoms with van der Waals surface area (Å²) in [7, 11) is 1.73. The minimum Gasteiger partial charge on any atom is -0.273 e. The third-order valence-corrected chi connectivity index (χ3v) is 3.18. The number of halogens is 3. The highest BCUT2D eigenvalue weighted by atomic mass is 19.4. The average Bonchev–Trinajstić information content (AvgIpc) is 3.13. The molecule has 0 saturated carbocycles. The second kappa shape index (κ2) is 4.02. The molecule has 0 saturated heterocycles. The van der Waals surface area contributed by atoms with Gasteiger partial charge in [0.1, 0.15) is 17.7 Å². The standard InChI is InChI=1S/C11H7F3N8/c1-21-9-5(3-16-21)10-17-8(20-22(10)4-15-9)6-2-7(19-18-6)11(12,13)14/h2-4H,1H3,(H,18,19). The monoisotopic (exact) mass is 308 g/mol. The van der Waals surface area contributed by atoms with Gasteiger partial charge in [-0.15, -0.1) is 5.10 Å². The highest BCUT2D eigenvalue weighted by Crippen LogP contribution is 2.29. The first-order valence-corrected chi connectivity index (χ1v) is 6.09. The molecule has 4 aromatic rings. The fraction of sp³-hybridized carbons (Fsp3) is 0.182. The Labute approximate surface area is 119 Å². The van der Waals surface area contributed by atoms with Crippen molar-refractivity contribution in [1.82, 2.24) is 39.6 Å². The lowest BCUT2D eigenvalue weighted by Gasteiger charge is -1.99. The Bertz CT molecular complexity index is 992. The number of fused-ring (bicyclic) bond motifs is 3. The first-order chi connectivity index (χ1) is 10.4. The highest BCUT2D eigenvalue weighted by molar-refractivity contribution is 5.88. The molecule has 1 N–H and O–H groups in total. The van der Waals surface area contributed by atoms with Crippen molar-refractivity contribution < 1.29 is 13.2 Å². The third-order valence-electron chi connectivity index (χ3n) is 3.18. The van der Waals surface area contributed by atoms with Crippen LogP contribution in [0.3, 0.4) is 0 Å². The van der Waals surface area contributed by atoms with Crippen LogP contribution >= 0.6 is 0 Å². The smallest absolute Gasteiger partial charge is 0.273 e. The molecule has 0 bridgehead atoms. The van der Waals surface area contributed by atoms with Gasteiger partial charge in [0.2, 0.25) is 5.82 Å². The van der Waals surface area contributed by atoms with E-state index in [9.17, 15) is 13.2 Å². The lowest BCUT2D eigenvalue weighted by atomic mass is 10.3. The molecule has 0 aliphatic heterocycles. The second-order valence-corrected chi connectivity index (χ2v) is 4.62. The van der Waals surface area contributed by atoms with Gasteiger partial charge in [-0.2, -0.15) is 23.4 Å². The normalized spacial score (nSPS) is 12.5. The number of rotatable bonds is 1. The van der Waals surface area contributed by atoms with Crippen LogP contribution in [0.5, 0.6) is 0 Å². The van der Waals surface area contributed by atoms with Crippen LogP contribution in [0.2, 0.25) is 0 Å². The van der Waals surface area contributed by atoms with E-state index in [4.69, 9.17) is 0 Å². The van der Waals surface area contributed by atoms with Crippen molar-refractivity contribution in [1.29, 1.82) is 0 Å². The summed E-state index contributed by atoms with van der Waals surface area (Å²) in [5, 5.41) is 14.4. The molecule has 0 spiro atoms. The van der Waals surface area contributed by atoms with E-state index in [1.807, 2.05) is 5.10 Å². The second-order valence-electron chi connectivity index (χ2n) is 4.62. The topological polar surface area (TPSA) is 89.6 Å². The molecule has 0 radical (unpaired) electrons. The van der Waals surface area contributed by atoms with Gasteiger partial charge in [0.25, 0.3) is 0 Å². The molecule has 4 rings (SSSR count). The molecule has 4 aromatic heterocycles. The van der Waals surface area contributed by atoms with Crippen molar-refractivity contribution in [3.05, 3.63) is 24.3 Å². The van der Waals surface area contributed by atoms with Crippen LogP contribution in [0.4, 0.5) is 13.2 Å². The van der Waals surface area contributed by atoms with Crippen LogP contribution in [-0.4, -0.2) is 39.6 Å². The van der Waals surface area contributed by atoms with Crippen LogP contribution in [0.25, 0.3) is 28.2 Å². The van der Waals surface area contributed by atoms with Gasteiger partial charge in [0.15, 0.2) is 11.3 Å². The summed E-state index contributed by atoms with van der Waals surface area (Å²) in [5.74, 6) is 0.0740. The molecule has 4 heterocycles. The number of hydrogen-bond acceptors (Lipinski definition) is 5. The van der Waals surface area contributed by atoms with Crippen LogP contribution in [0, 0.1) is 0 Å². The number of aryl methyl sites for hydroxylation is 1. The summed E-state index contributed by atoms with van der Waals surface area (Å²) in [6.07, 6.45) is -1.50. The Morgan fingerprint density at radius 3 is 2.77 bits per heavy atom. The van der Waals surface area contributed by atoms with Gasteiger partial charge in [0.05, 0.1) is 11.6 Å². The number of nitrogens with zero attached hydrogens (tertiary/aromatic N) is 7. The zero-order valence-corrected chi connectivity index (χ0v) is 11.0. The van der Waals surface area contributed by atoms with Crippen molar-refractivity contribution in [2.75, 3.05) is 0 Å². The Hall–Kier alpha value is -2.98. The van der Waals surface area contributed by atoms with Crippen molar-refractivity contribution in [2.45, 2.75) is 6.18 Å². The molecule has 0 unspecified atom stereocenters. The Kier molecular flexibility index (Phi) is 2.33. The molecule has 0 aromatic carbocycles. The minimum atomic E-state index is -4.50. The summed E-state index contributed by atoms with van der Waals surface area (Å²) in [6.45, 7) is 0. The molecule has 0 aliphatic rings. The largest absolute Gasteiger partial charge is 0.432 e. The molecule has 0 aliphatic carbocycles. The number of hydrogen-bond donors (Lipinski definition) is 1. The number of aromatic amines is 1. The fourth-order valence-electron chi connectivity index (χ4n) is 2.13. The molecular formula is C11H7F3N8. The van der Waals surface area contributed by atoms with E-state index in [1.165, 1.54) is 10.8 Å². The van der Waals surface area contributed by atoms with Crippen LogP contribution < -0.4 is 0 Å². The quantitative estimate of drug-likeness (QED) is 0.574. The predicted molar refractivity (Wildman–Crippen MR) is 67.6 cm³/mol. The Balaban J connectivity index is 1.89. The van der Waals surface area contributed by atoms with E-state index >= 15 is 0 Å². The minimum absolute atomic E-state index is 0.00747. The molecule has 8 nitrogen and oxygen atoms in total. The average molecular weight is 308 g/mol. The summed E-state index contributed by atoms with van der Waals surface area (Å²) in [5.41, 5.74) is 0.105. The van der Waals surface area contributed by atoms with E-state index in [1.54, 1.807) is 17.9 Å². The van der Waals surface area contributed by atoms with Gasteiger partial charge in [-0.05, 0) is 6.07 Å². The Morgan fingerprint density at radius 2 is 2.05 bits per heavy atom. The lowest BCUT2D eigenvalue weighted by Crippen LogP contribution is -2.04. The van der Waals surface area contributed by atoms with E-state index in [0.717, 1.165) is 6.07 Å². The molecule has 112 valence electrons. The van der Waals surface area contributed by atoms with Gasteiger partial charge < -0.3 is 0 Å². The molecule has 0 amide bonds. The van der Waals surface area contributed by atoms with Crippen molar-refractivity contribution in [2.24, 2.45) is 7.05 Å². The van der Waals surface area contributed by atoms with Crippen LogP contribution in [0.15, 0.2) is 18.6 Å². The Morgan fingerprint density at radius 1 is 1.23 bits per heavy atom. The zero-order chi connectivity index (χ0) is 15.5. The SMILES string of the molecule is Cn1ncc2c1ncn1nc(-c3cc(C(F)(F)F)[nH]n3)nc21. The lowest BCUT2D eigenvalue weighted by molar-refractivity contribution is -0.141. The maximum atomic E-state index is 12.6. The maximum Gasteiger partial charge on any atom is 0.432 e. The molecule has 0 atom stereocenters. The molecular weight excluding hydrogens is 301 g/mol. The van der Waals surface area contributed by atoms with Crippen molar-refractivity contribution in [3.8, 4) is 11.5 Å². The number of alkyl halides is 3. The van der Waals surface area contributed by atoms with E-state index < -0.39 is 11.9 Å². The van der Waals surface area contributed by atoms with E-state index in [-0.39, 0.29) is 11.5 Å². The van der Waals surface area contributed by atoms with Gasteiger partial charge in [-0.1, -0.05) is 0 Å². The number of nitrogens with one attached hydrogen (secondary N) is 1. The summed E-state index contributed by atoms with van der Waals surface area (Å²) in [4.78, 5) is 8.40. The molecule has 22 heavy (non-hydrogen) atoms. The van der Waals surface area contributed by atoms with Gasteiger partial charge in [0, 0.05) is 7.05 Å². The predicted octanol–water partition coefficient (Wildman–Crippen LogP) is 1.42. The van der Waals surface area contributed by atoms with E-state index in [0.29, 0.717) is 16.7 Å². The fourth-order valence-corrected chi connectivity index (χ4v) is 2.13. The van der Waals surface area contributed by atoms with E-state index in [2.05, 4.69) is 25.3 Å². The highest BCUT2D eigenvalue weighted by Gasteiger charge is 2.33. The summed E-state index contributed by atoms with van der Waals surface area (Å²) < 4.78 is 40.7. The van der Waals surface area contributed by atoms with Crippen LogP contribution in [0.1, 0.15) is 5.69 Å². The van der Waals surface area contributed by atoms with Gasteiger partial charge in [-0.25, -0.2) is 14.5 Å².